The number of aromatic nitrogens is 1. The summed E-state index contributed by atoms with van der Waals surface area (Å²) in [6, 6.07) is 8.70. The molecule has 1 saturated heterocycles. The fourth-order valence-corrected chi connectivity index (χ4v) is 3.04. The number of nitrogens with zero attached hydrogens (tertiary/aromatic N) is 2. The van der Waals surface area contributed by atoms with Gasteiger partial charge in [0.25, 0.3) is 0 Å². The fourth-order valence-electron chi connectivity index (χ4n) is 3.04. The predicted octanol–water partition coefficient (Wildman–Crippen LogP) is 3.64. The Morgan fingerprint density at radius 3 is 2.65 bits per heavy atom. The molecule has 144 valence electrons. The van der Waals surface area contributed by atoms with Gasteiger partial charge < -0.3 is 14.6 Å². The van der Waals surface area contributed by atoms with Crippen molar-refractivity contribution in [2.45, 2.75) is 45.7 Å². The Balaban J connectivity index is 0.00000169. The van der Waals surface area contributed by atoms with E-state index >= 15 is 0 Å². The van der Waals surface area contributed by atoms with E-state index in [-0.39, 0.29) is 36.8 Å². The van der Waals surface area contributed by atoms with Crippen LogP contribution in [0.25, 0.3) is 11.3 Å². The van der Waals surface area contributed by atoms with Crippen molar-refractivity contribution in [1.29, 1.82) is 0 Å². The zero-order chi connectivity index (χ0) is 17.1. The molecule has 2 aromatic rings. The number of oxazole rings is 1. The normalized spacial score (nSPS) is 19.4. The van der Waals surface area contributed by atoms with E-state index < -0.39 is 0 Å². The lowest BCUT2D eigenvalue weighted by Crippen LogP contribution is -2.57. The molecule has 1 aliphatic heterocycles. The smallest absolute Gasteiger partial charge is 0.223 e. The lowest BCUT2D eigenvalue weighted by Gasteiger charge is -2.38. The molecule has 2 unspecified atom stereocenters. The molecular weight excluding hydrogens is 373 g/mol. The molecule has 1 aromatic carbocycles. The number of nitrogens with one attached hydrogen (secondary N) is 1. The number of rotatable bonds is 4. The summed E-state index contributed by atoms with van der Waals surface area (Å²) in [6.07, 6.45) is 2.71. The first-order chi connectivity index (χ1) is 11.5. The maximum absolute atomic E-state index is 12.5. The SMILES string of the molecule is Cc1ccc(-c2cnc(CCC(=O)N3CCNC(C)C3C)o2)cc1.Cl.Cl. The first-order valence-electron chi connectivity index (χ1n) is 8.59. The maximum atomic E-state index is 12.5. The van der Waals surface area contributed by atoms with E-state index in [1.165, 1.54) is 5.56 Å². The Kier molecular flexibility index (Phi) is 8.60. The lowest BCUT2D eigenvalue weighted by molar-refractivity contribution is -0.134. The van der Waals surface area contributed by atoms with Crippen molar-refractivity contribution < 1.29 is 9.21 Å². The topological polar surface area (TPSA) is 58.4 Å². The van der Waals surface area contributed by atoms with Crippen molar-refractivity contribution in [3.05, 3.63) is 41.9 Å². The minimum atomic E-state index is 0. The molecule has 0 aliphatic carbocycles. The molecule has 1 amide bonds. The molecule has 1 aromatic heterocycles. The van der Waals surface area contributed by atoms with Crippen LogP contribution in [0.15, 0.2) is 34.9 Å². The highest BCUT2D eigenvalue weighted by Gasteiger charge is 2.27. The standard InChI is InChI=1S/C19H25N3O2.2ClH/c1-13-4-6-16(7-5-13)17-12-21-18(24-17)8-9-19(23)22-11-10-20-14(2)15(22)3;;/h4-7,12,14-15,20H,8-11H2,1-3H3;2*1H. The molecule has 0 radical (unpaired) electrons. The number of hydrogen-bond donors (Lipinski definition) is 1. The van der Waals surface area contributed by atoms with E-state index in [0.717, 1.165) is 24.4 Å². The molecule has 1 aliphatic rings. The molecular formula is C19H27Cl2N3O2. The number of amides is 1. The van der Waals surface area contributed by atoms with Gasteiger partial charge in [-0.15, -0.1) is 24.8 Å². The van der Waals surface area contributed by atoms with E-state index in [9.17, 15) is 4.79 Å². The molecule has 26 heavy (non-hydrogen) atoms. The van der Waals surface area contributed by atoms with Crippen molar-refractivity contribution in [1.82, 2.24) is 15.2 Å². The van der Waals surface area contributed by atoms with Gasteiger partial charge in [0.1, 0.15) is 0 Å². The average molecular weight is 400 g/mol. The van der Waals surface area contributed by atoms with Crippen molar-refractivity contribution in [2.75, 3.05) is 13.1 Å². The minimum absolute atomic E-state index is 0. The van der Waals surface area contributed by atoms with Crippen LogP contribution in [0.3, 0.4) is 0 Å². The minimum Gasteiger partial charge on any atom is -0.441 e. The third kappa shape index (κ3) is 5.22. The Labute approximate surface area is 167 Å². The maximum Gasteiger partial charge on any atom is 0.223 e. The summed E-state index contributed by atoms with van der Waals surface area (Å²) in [6.45, 7) is 7.89. The van der Waals surface area contributed by atoms with Gasteiger partial charge in [0, 0.05) is 43.6 Å². The van der Waals surface area contributed by atoms with Crippen LogP contribution in [0.2, 0.25) is 0 Å². The molecule has 1 N–H and O–H groups in total. The summed E-state index contributed by atoms with van der Waals surface area (Å²) in [5.74, 6) is 1.54. The van der Waals surface area contributed by atoms with E-state index in [1.807, 2.05) is 29.2 Å². The molecule has 0 spiro atoms. The molecule has 0 saturated carbocycles. The highest BCUT2D eigenvalue weighted by atomic mass is 35.5. The summed E-state index contributed by atoms with van der Waals surface area (Å²) in [5, 5.41) is 3.39. The van der Waals surface area contributed by atoms with Crippen LogP contribution < -0.4 is 5.32 Å². The Bertz CT molecular complexity index is 703. The quantitative estimate of drug-likeness (QED) is 0.852. The molecule has 2 atom stereocenters. The molecule has 1 fully saturated rings. The van der Waals surface area contributed by atoms with E-state index in [0.29, 0.717) is 24.8 Å². The fraction of sp³-hybridized carbons (Fsp3) is 0.474. The number of halogens is 2. The van der Waals surface area contributed by atoms with E-state index in [2.05, 4.69) is 31.1 Å². The summed E-state index contributed by atoms with van der Waals surface area (Å²) >= 11 is 0. The third-order valence-corrected chi connectivity index (χ3v) is 4.80. The zero-order valence-corrected chi connectivity index (χ0v) is 17.0. The monoisotopic (exact) mass is 399 g/mol. The number of benzene rings is 1. The van der Waals surface area contributed by atoms with Gasteiger partial charge in [-0.05, 0) is 20.8 Å². The summed E-state index contributed by atoms with van der Waals surface area (Å²) < 4.78 is 5.80. The van der Waals surface area contributed by atoms with Crippen LogP contribution in [0, 0.1) is 6.92 Å². The highest BCUT2D eigenvalue weighted by molar-refractivity contribution is 5.85. The second-order valence-electron chi connectivity index (χ2n) is 6.55. The Hall–Kier alpha value is -1.56. The van der Waals surface area contributed by atoms with E-state index in [1.54, 1.807) is 6.20 Å². The third-order valence-electron chi connectivity index (χ3n) is 4.80. The van der Waals surface area contributed by atoms with Crippen molar-refractivity contribution in [3.8, 4) is 11.3 Å². The van der Waals surface area contributed by atoms with E-state index in [4.69, 9.17) is 4.42 Å². The van der Waals surface area contributed by atoms with Crippen LogP contribution >= 0.6 is 24.8 Å². The van der Waals surface area contributed by atoms with Crippen LogP contribution in [0.4, 0.5) is 0 Å². The molecule has 0 bridgehead atoms. The van der Waals surface area contributed by atoms with Gasteiger partial charge in [0.2, 0.25) is 5.91 Å². The van der Waals surface area contributed by atoms with Gasteiger partial charge in [0.05, 0.1) is 6.20 Å². The second kappa shape index (κ2) is 9.95. The Morgan fingerprint density at radius 2 is 1.96 bits per heavy atom. The van der Waals surface area contributed by atoms with Crippen molar-refractivity contribution in [3.63, 3.8) is 0 Å². The number of carbonyl (C=O) groups excluding carboxylic acids is 1. The van der Waals surface area contributed by atoms with Crippen molar-refractivity contribution >= 4 is 30.7 Å². The van der Waals surface area contributed by atoms with Gasteiger partial charge in [-0.1, -0.05) is 29.8 Å². The van der Waals surface area contributed by atoms with Crippen LogP contribution in [0.1, 0.15) is 31.7 Å². The van der Waals surface area contributed by atoms with Gasteiger partial charge in [-0.3, -0.25) is 4.79 Å². The second-order valence-corrected chi connectivity index (χ2v) is 6.55. The van der Waals surface area contributed by atoms with Gasteiger partial charge in [-0.2, -0.15) is 0 Å². The zero-order valence-electron chi connectivity index (χ0n) is 15.4. The number of piperazine rings is 1. The summed E-state index contributed by atoms with van der Waals surface area (Å²) in [7, 11) is 0. The van der Waals surface area contributed by atoms with Gasteiger partial charge in [0.15, 0.2) is 11.7 Å². The first-order valence-corrected chi connectivity index (χ1v) is 8.59. The summed E-state index contributed by atoms with van der Waals surface area (Å²) in [5.41, 5.74) is 2.22. The molecule has 3 rings (SSSR count). The van der Waals surface area contributed by atoms with Crippen LogP contribution in [-0.2, 0) is 11.2 Å². The van der Waals surface area contributed by atoms with Crippen LogP contribution in [0.5, 0.6) is 0 Å². The molecule has 2 heterocycles. The average Bonchev–Trinajstić information content (AvgIpc) is 3.05. The highest BCUT2D eigenvalue weighted by Crippen LogP contribution is 2.21. The van der Waals surface area contributed by atoms with Gasteiger partial charge in [-0.25, -0.2) is 4.98 Å². The Morgan fingerprint density at radius 1 is 1.27 bits per heavy atom. The number of aryl methyl sites for hydroxylation is 2. The molecule has 7 heteroatoms. The number of hydrogen-bond acceptors (Lipinski definition) is 4. The largest absolute Gasteiger partial charge is 0.441 e. The lowest BCUT2D eigenvalue weighted by atomic mass is 10.1. The summed E-state index contributed by atoms with van der Waals surface area (Å²) in [4.78, 5) is 18.7. The van der Waals surface area contributed by atoms with Gasteiger partial charge >= 0.3 is 0 Å². The molecule has 5 nitrogen and oxygen atoms in total. The van der Waals surface area contributed by atoms with Crippen molar-refractivity contribution in [2.24, 2.45) is 0 Å². The predicted molar refractivity (Wildman–Crippen MR) is 108 cm³/mol. The van der Waals surface area contributed by atoms with Crippen LogP contribution in [-0.4, -0.2) is 41.0 Å². The number of carbonyl (C=O) groups is 1. The first kappa shape index (κ1) is 22.5.